The van der Waals surface area contributed by atoms with Gasteiger partial charge in [-0.1, -0.05) is 0 Å². The standard InChI is InChI=1S/C13H10N4O3/c14-7-9-16(10-8-15)13(18)6-3-11-1-4-12(5-2-11)17(19)20/h1-6H,9-10H2. The number of nitro groups is 1. The summed E-state index contributed by atoms with van der Waals surface area (Å²) in [7, 11) is 0. The van der Waals surface area contributed by atoms with Crippen LogP contribution in [0.2, 0.25) is 0 Å². The van der Waals surface area contributed by atoms with Crippen molar-refractivity contribution in [1.82, 2.24) is 4.90 Å². The van der Waals surface area contributed by atoms with Gasteiger partial charge in [0.05, 0.1) is 17.1 Å². The minimum absolute atomic E-state index is 0.0379. The predicted octanol–water partition coefficient (Wildman–Crippen LogP) is 1.48. The molecule has 0 N–H and O–H groups in total. The van der Waals surface area contributed by atoms with Gasteiger partial charge in [-0.25, -0.2) is 0 Å². The lowest BCUT2D eigenvalue weighted by molar-refractivity contribution is -0.384. The van der Waals surface area contributed by atoms with Crippen molar-refractivity contribution in [2.24, 2.45) is 0 Å². The van der Waals surface area contributed by atoms with Crippen LogP contribution in [-0.4, -0.2) is 28.8 Å². The fraction of sp³-hybridized carbons (Fsp3) is 0.154. The maximum absolute atomic E-state index is 11.7. The van der Waals surface area contributed by atoms with Crippen LogP contribution < -0.4 is 0 Å². The summed E-state index contributed by atoms with van der Waals surface area (Å²) in [6.07, 6.45) is 2.68. The van der Waals surface area contributed by atoms with Gasteiger partial charge in [-0.2, -0.15) is 10.5 Å². The van der Waals surface area contributed by atoms with Crippen molar-refractivity contribution in [3.8, 4) is 12.1 Å². The number of hydrogen-bond acceptors (Lipinski definition) is 5. The second kappa shape index (κ2) is 7.29. The van der Waals surface area contributed by atoms with Gasteiger partial charge in [-0.3, -0.25) is 14.9 Å². The summed E-state index contributed by atoms with van der Waals surface area (Å²) < 4.78 is 0. The second-order valence-corrected chi connectivity index (χ2v) is 3.69. The van der Waals surface area contributed by atoms with E-state index < -0.39 is 10.8 Å². The van der Waals surface area contributed by atoms with Gasteiger partial charge >= 0.3 is 0 Å². The third kappa shape index (κ3) is 4.24. The molecular weight excluding hydrogens is 260 g/mol. The zero-order chi connectivity index (χ0) is 15.0. The number of benzene rings is 1. The van der Waals surface area contributed by atoms with Gasteiger partial charge < -0.3 is 4.90 Å². The predicted molar refractivity (Wildman–Crippen MR) is 69.9 cm³/mol. The number of carbonyl (C=O) groups is 1. The van der Waals surface area contributed by atoms with Crippen LogP contribution in [0.1, 0.15) is 5.56 Å². The molecule has 1 amide bonds. The van der Waals surface area contributed by atoms with E-state index in [4.69, 9.17) is 10.5 Å². The van der Waals surface area contributed by atoms with Crippen LogP contribution in [0.3, 0.4) is 0 Å². The summed E-state index contributed by atoms with van der Waals surface area (Å²) in [5.74, 6) is -0.466. The van der Waals surface area contributed by atoms with Crippen LogP contribution in [-0.2, 0) is 4.79 Å². The normalized spacial score (nSPS) is 9.70. The summed E-state index contributed by atoms with van der Waals surface area (Å²) >= 11 is 0. The van der Waals surface area contributed by atoms with Crippen LogP contribution >= 0.6 is 0 Å². The van der Waals surface area contributed by atoms with E-state index in [1.165, 1.54) is 36.4 Å². The number of nitro benzene ring substituents is 1. The Morgan fingerprint density at radius 3 is 2.25 bits per heavy atom. The molecule has 0 saturated carbocycles. The molecule has 0 aliphatic carbocycles. The van der Waals surface area contributed by atoms with Gasteiger partial charge in [0.25, 0.3) is 5.69 Å². The number of hydrogen-bond donors (Lipinski definition) is 0. The highest BCUT2D eigenvalue weighted by atomic mass is 16.6. The molecule has 0 fully saturated rings. The van der Waals surface area contributed by atoms with Crippen molar-refractivity contribution in [2.75, 3.05) is 13.1 Å². The highest BCUT2D eigenvalue weighted by Crippen LogP contribution is 2.12. The van der Waals surface area contributed by atoms with E-state index in [9.17, 15) is 14.9 Å². The Kier molecular flexibility index (Phi) is 5.42. The molecule has 7 heteroatoms. The third-order valence-corrected chi connectivity index (χ3v) is 2.36. The zero-order valence-corrected chi connectivity index (χ0v) is 10.4. The van der Waals surface area contributed by atoms with Crippen molar-refractivity contribution in [3.05, 3.63) is 46.0 Å². The second-order valence-electron chi connectivity index (χ2n) is 3.69. The van der Waals surface area contributed by atoms with E-state index in [1.807, 2.05) is 0 Å². The molecule has 0 atom stereocenters. The molecule has 0 radical (unpaired) electrons. The first-order chi connectivity index (χ1) is 9.58. The fourth-order valence-corrected chi connectivity index (χ4v) is 1.36. The monoisotopic (exact) mass is 270 g/mol. The van der Waals surface area contributed by atoms with E-state index in [2.05, 4.69) is 0 Å². The fourth-order valence-electron chi connectivity index (χ4n) is 1.36. The lowest BCUT2D eigenvalue weighted by Gasteiger charge is -2.12. The topological polar surface area (TPSA) is 111 Å². The highest BCUT2D eigenvalue weighted by molar-refractivity contribution is 5.92. The van der Waals surface area contributed by atoms with E-state index in [0.717, 1.165) is 4.90 Å². The largest absolute Gasteiger partial charge is 0.313 e. The molecule has 0 aliphatic heterocycles. The Hall–Kier alpha value is -3.19. The van der Waals surface area contributed by atoms with Gasteiger partial charge in [0.1, 0.15) is 13.1 Å². The molecule has 0 heterocycles. The molecule has 0 saturated heterocycles. The first-order valence-corrected chi connectivity index (χ1v) is 5.54. The van der Waals surface area contributed by atoms with Crippen molar-refractivity contribution in [1.29, 1.82) is 10.5 Å². The van der Waals surface area contributed by atoms with Crippen molar-refractivity contribution in [3.63, 3.8) is 0 Å². The molecule has 7 nitrogen and oxygen atoms in total. The molecule has 0 aliphatic rings. The SMILES string of the molecule is N#CCN(CC#N)C(=O)C=Cc1ccc([N+](=O)[O-])cc1. The summed E-state index contributed by atoms with van der Waals surface area (Å²) in [5, 5.41) is 27.6. The Bertz CT molecular complexity index is 592. The summed E-state index contributed by atoms with van der Waals surface area (Å²) in [6.45, 7) is -0.339. The lowest BCUT2D eigenvalue weighted by atomic mass is 10.2. The number of non-ortho nitro benzene ring substituents is 1. The summed E-state index contributed by atoms with van der Waals surface area (Å²) in [5.41, 5.74) is 0.571. The van der Waals surface area contributed by atoms with Crippen LogP contribution in [0.25, 0.3) is 6.08 Å². The third-order valence-electron chi connectivity index (χ3n) is 2.36. The number of rotatable bonds is 5. The van der Waals surface area contributed by atoms with Crippen molar-refractivity contribution in [2.45, 2.75) is 0 Å². The van der Waals surface area contributed by atoms with E-state index in [1.54, 1.807) is 12.1 Å². The van der Waals surface area contributed by atoms with Crippen LogP contribution in [0.4, 0.5) is 5.69 Å². The van der Waals surface area contributed by atoms with E-state index in [-0.39, 0.29) is 18.8 Å². The Balaban J connectivity index is 2.76. The molecule has 1 rings (SSSR count). The molecule has 100 valence electrons. The average molecular weight is 270 g/mol. The molecule has 0 spiro atoms. The Morgan fingerprint density at radius 2 is 1.80 bits per heavy atom. The Morgan fingerprint density at radius 1 is 1.25 bits per heavy atom. The van der Waals surface area contributed by atoms with Gasteiger partial charge in [0, 0.05) is 18.2 Å². The molecule has 0 unspecified atom stereocenters. The van der Waals surface area contributed by atoms with Gasteiger partial charge in [-0.05, 0) is 23.8 Å². The van der Waals surface area contributed by atoms with Crippen LogP contribution in [0.15, 0.2) is 30.3 Å². The van der Waals surface area contributed by atoms with Crippen molar-refractivity contribution < 1.29 is 9.72 Å². The van der Waals surface area contributed by atoms with E-state index in [0.29, 0.717) is 5.56 Å². The first-order valence-electron chi connectivity index (χ1n) is 5.54. The molecule has 0 aromatic heterocycles. The lowest BCUT2D eigenvalue weighted by Crippen LogP contribution is -2.30. The van der Waals surface area contributed by atoms with Gasteiger partial charge in [0.15, 0.2) is 0 Å². The first kappa shape index (κ1) is 14.9. The van der Waals surface area contributed by atoms with Gasteiger partial charge in [-0.15, -0.1) is 0 Å². The maximum Gasteiger partial charge on any atom is 0.269 e. The van der Waals surface area contributed by atoms with E-state index >= 15 is 0 Å². The van der Waals surface area contributed by atoms with Crippen LogP contribution in [0, 0.1) is 32.8 Å². The number of amides is 1. The molecule has 0 bridgehead atoms. The molecular formula is C13H10N4O3. The Labute approximate surface area is 115 Å². The average Bonchev–Trinajstić information content (AvgIpc) is 2.45. The molecule has 1 aromatic carbocycles. The molecule has 20 heavy (non-hydrogen) atoms. The van der Waals surface area contributed by atoms with Gasteiger partial charge in [0.2, 0.25) is 5.91 Å². The minimum Gasteiger partial charge on any atom is -0.313 e. The number of nitrogens with zero attached hydrogens (tertiary/aromatic N) is 4. The maximum atomic E-state index is 11.7. The smallest absolute Gasteiger partial charge is 0.269 e. The number of carbonyl (C=O) groups excluding carboxylic acids is 1. The minimum atomic E-state index is -0.514. The highest BCUT2D eigenvalue weighted by Gasteiger charge is 2.09. The zero-order valence-electron chi connectivity index (χ0n) is 10.4. The summed E-state index contributed by atoms with van der Waals surface area (Å²) in [6, 6.07) is 9.25. The van der Waals surface area contributed by atoms with Crippen LogP contribution in [0.5, 0.6) is 0 Å². The van der Waals surface area contributed by atoms with Crippen molar-refractivity contribution >= 4 is 17.7 Å². The quantitative estimate of drug-likeness (QED) is 0.348. The molecule has 1 aromatic rings. The summed E-state index contributed by atoms with van der Waals surface area (Å²) in [4.78, 5) is 22.7. The number of nitriles is 2.